The number of methoxy groups -OCH3 is 1. The molecule has 1 aliphatic rings. The molecule has 1 aromatic rings. The smallest absolute Gasteiger partial charge is 0.310 e. The Hall–Kier alpha value is -1.85. The molecule has 0 spiro atoms. The number of ether oxygens (including phenoxy) is 2. The van der Waals surface area contributed by atoms with Crippen LogP contribution in [0.4, 0.5) is 5.95 Å². The van der Waals surface area contributed by atoms with Gasteiger partial charge in [0.05, 0.1) is 19.1 Å². The molecule has 0 radical (unpaired) electrons. The van der Waals surface area contributed by atoms with E-state index in [9.17, 15) is 4.79 Å². The van der Waals surface area contributed by atoms with E-state index in [0.29, 0.717) is 18.4 Å². The van der Waals surface area contributed by atoms with E-state index < -0.39 is 0 Å². The maximum atomic E-state index is 11.7. The summed E-state index contributed by atoms with van der Waals surface area (Å²) in [6.07, 6.45) is 1.85. The van der Waals surface area contributed by atoms with Crippen LogP contribution in [0.5, 0.6) is 5.88 Å². The summed E-state index contributed by atoms with van der Waals surface area (Å²) in [5.74, 6) is 0.931. The quantitative estimate of drug-likeness (QED) is 0.791. The summed E-state index contributed by atoms with van der Waals surface area (Å²) in [5, 5.41) is 0. The van der Waals surface area contributed by atoms with Crippen molar-refractivity contribution >= 4 is 11.9 Å². The van der Waals surface area contributed by atoms with Crippen molar-refractivity contribution in [1.82, 2.24) is 9.97 Å². The van der Waals surface area contributed by atoms with Crippen LogP contribution in [-0.4, -0.2) is 42.2 Å². The first-order valence-electron chi connectivity index (χ1n) is 7.34. The molecule has 116 valence electrons. The fourth-order valence-electron chi connectivity index (χ4n) is 2.49. The van der Waals surface area contributed by atoms with E-state index in [1.54, 1.807) is 0 Å². The number of piperidine rings is 1. The standard InChI is InChI=1S/C15H23N3O3/c1-10(2)21-13-8-11(3)16-15(17-13)18-7-5-6-12(9-18)14(19)20-4/h8,10,12H,5-7,9H2,1-4H3. The molecule has 0 aromatic carbocycles. The van der Waals surface area contributed by atoms with Crippen LogP contribution < -0.4 is 9.64 Å². The Morgan fingerprint density at radius 3 is 2.86 bits per heavy atom. The van der Waals surface area contributed by atoms with Crippen LogP contribution in [0.1, 0.15) is 32.4 Å². The molecule has 0 saturated carbocycles. The lowest BCUT2D eigenvalue weighted by molar-refractivity contribution is -0.145. The van der Waals surface area contributed by atoms with Gasteiger partial charge in [-0.1, -0.05) is 0 Å². The molecule has 1 aliphatic heterocycles. The van der Waals surface area contributed by atoms with E-state index in [1.165, 1.54) is 7.11 Å². The first kappa shape index (κ1) is 15.5. The zero-order chi connectivity index (χ0) is 15.4. The molecular weight excluding hydrogens is 270 g/mol. The van der Waals surface area contributed by atoms with Crippen molar-refractivity contribution in [1.29, 1.82) is 0 Å². The molecule has 0 aliphatic carbocycles. The summed E-state index contributed by atoms with van der Waals surface area (Å²) in [6.45, 7) is 7.28. The first-order valence-corrected chi connectivity index (χ1v) is 7.34. The van der Waals surface area contributed by atoms with Gasteiger partial charge in [0.25, 0.3) is 0 Å². The molecule has 1 saturated heterocycles. The third-order valence-electron chi connectivity index (χ3n) is 3.41. The lowest BCUT2D eigenvalue weighted by Gasteiger charge is -2.31. The number of anilines is 1. The number of rotatable bonds is 4. The number of hydrogen-bond acceptors (Lipinski definition) is 6. The fraction of sp³-hybridized carbons (Fsp3) is 0.667. The van der Waals surface area contributed by atoms with Crippen LogP contribution >= 0.6 is 0 Å². The molecule has 1 atom stereocenters. The SMILES string of the molecule is COC(=O)C1CCCN(c2nc(C)cc(OC(C)C)n2)C1. The molecule has 21 heavy (non-hydrogen) atoms. The molecular formula is C15H23N3O3. The number of carbonyl (C=O) groups excluding carboxylic acids is 1. The topological polar surface area (TPSA) is 64.5 Å². The van der Waals surface area contributed by atoms with Crippen molar-refractivity contribution in [3.05, 3.63) is 11.8 Å². The fourth-order valence-corrected chi connectivity index (χ4v) is 2.49. The van der Waals surface area contributed by atoms with Crippen LogP contribution in [-0.2, 0) is 9.53 Å². The van der Waals surface area contributed by atoms with E-state index in [-0.39, 0.29) is 18.0 Å². The van der Waals surface area contributed by atoms with E-state index in [0.717, 1.165) is 25.1 Å². The second kappa shape index (κ2) is 6.74. The predicted octanol–water partition coefficient (Wildman–Crippen LogP) is 1.96. The maximum absolute atomic E-state index is 11.7. The van der Waals surface area contributed by atoms with Crippen molar-refractivity contribution in [3.63, 3.8) is 0 Å². The normalized spacial score (nSPS) is 18.7. The van der Waals surface area contributed by atoms with Crippen molar-refractivity contribution in [2.45, 2.75) is 39.7 Å². The Morgan fingerprint density at radius 2 is 2.19 bits per heavy atom. The zero-order valence-electron chi connectivity index (χ0n) is 13.1. The lowest BCUT2D eigenvalue weighted by atomic mass is 9.98. The summed E-state index contributed by atoms with van der Waals surface area (Å²) < 4.78 is 10.5. The van der Waals surface area contributed by atoms with Gasteiger partial charge in [0.15, 0.2) is 0 Å². The largest absolute Gasteiger partial charge is 0.475 e. The minimum Gasteiger partial charge on any atom is -0.475 e. The van der Waals surface area contributed by atoms with Gasteiger partial charge in [0.2, 0.25) is 11.8 Å². The summed E-state index contributed by atoms with van der Waals surface area (Å²) in [7, 11) is 1.43. The number of nitrogens with zero attached hydrogens (tertiary/aromatic N) is 3. The minimum absolute atomic E-state index is 0.0660. The number of carbonyl (C=O) groups is 1. The zero-order valence-corrected chi connectivity index (χ0v) is 13.1. The predicted molar refractivity (Wildman–Crippen MR) is 79.5 cm³/mol. The Bertz CT molecular complexity index is 505. The molecule has 0 N–H and O–H groups in total. The third-order valence-corrected chi connectivity index (χ3v) is 3.41. The highest BCUT2D eigenvalue weighted by Crippen LogP contribution is 2.23. The number of esters is 1. The van der Waals surface area contributed by atoms with E-state index in [2.05, 4.69) is 9.97 Å². The van der Waals surface area contributed by atoms with Crippen molar-refractivity contribution < 1.29 is 14.3 Å². The van der Waals surface area contributed by atoms with Crippen LogP contribution in [0, 0.1) is 12.8 Å². The van der Waals surface area contributed by atoms with Crippen molar-refractivity contribution in [3.8, 4) is 5.88 Å². The highest BCUT2D eigenvalue weighted by atomic mass is 16.5. The van der Waals surface area contributed by atoms with Crippen molar-refractivity contribution in [2.75, 3.05) is 25.1 Å². The van der Waals surface area contributed by atoms with Crippen LogP contribution in [0.25, 0.3) is 0 Å². The molecule has 2 heterocycles. The highest BCUT2D eigenvalue weighted by Gasteiger charge is 2.28. The monoisotopic (exact) mass is 293 g/mol. The third kappa shape index (κ3) is 4.06. The molecule has 0 amide bonds. The van der Waals surface area contributed by atoms with Gasteiger partial charge in [-0.2, -0.15) is 4.98 Å². The maximum Gasteiger partial charge on any atom is 0.310 e. The Morgan fingerprint density at radius 1 is 1.43 bits per heavy atom. The molecule has 0 bridgehead atoms. The first-order chi connectivity index (χ1) is 9.99. The second-order valence-electron chi connectivity index (χ2n) is 5.62. The lowest BCUT2D eigenvalue weighted by Crippen LogP contribution is -2.40. The summed E-state index contributed by atoms with van der Waals surface area (Å²) in [6, 6.07) is 1.82. The highest BCUT2D eigenvalue weighted by molar-refractivity contribution is 5.73. The average Bonchev–Trinajstić information content (AvgIpc) is 2.45. The van der Waals surface area contributed by atoms with Crippen LogP contribution in [0.15, 0.2) is 6.07 Å². The molecule has 1 unspecified atom stereocenters. The Labute approximate surface area is 125 Å². The van der Waals surface area contributed by atoms with Gasteiger partial charge < -0.3 is 14.4 Å². The van der Waals surface area contributed by atoms with Gasteiger partial charge in [-0.05, 0) is 33.6 Å². The van der Waals surface area contributed by atoms with Crippen LogP contribution in [0.2, 0.25) is 0 Å². The number of aryl methyl sites for hydroxylation is 1. The van der Waals surface area contributed by atoms with Gasteiger partial charge in [0, 0.05) is 24.8 Å². The molecule has 6 nitrogen and oxygen atoms in total. The van der Waals surface area contributed by atoms with Gasteiger partial charge in [-0.3, -0.25) is 4.79 Å². The van der Waals surface area contributed by atoms with Gasteiger partial charge in [-0.15, -0.1) is 0 Å². The summed E-state index contributed by atoms with van der Waals surface area (Å²) in [5.41, 5.74) is 0.857. The second-order valence-corrected chi connectivity index (χ2v) is 5.62. The molecule has 1 aromatic heterocycles. The van der Waals surface area contributed by atoms with Gasteiger partial charge >= 0.3 is 5.97 Å². The molecule has 1 fully saturated rings. The molecule has 6 heteroatoms. The minimum atomic E-state index is -0.161. The van der Waals surface area contributed by atoms with Crippen molar-refractivity contribution in [2.24, 2.45) is 5.92 Å². The van der Waals surface area contributed by atoms with E-state index in [4.69, 9.17) is 9.47 Å². The molecule has 2 rings (SSSR count). The summed E-state index contributed by atoms with van der Waals surface area (Å²) in [4.78, 5) is 22.7. The van der Waals surface area contributed by atoms with Gasteiger partial charge in [0.1, 0.15) is 0 Å². The van der Waals surface area contributed by atoms with Crippen LogP contribution in [0.3, 0.4) is 0 Å². The summed E-state index contributed by atoms with van der Waals surface area (Å²) >= 11 is 0. The average molecular weight is 293 g/mol. The van der Waals surface area contributed by atoms with Gasteiger partial charge in [-0.25, -0.2) is 4.98 Å². The Kier molecular flexibility index (Phi) is 4.98. The number of hydrogen-bond donors (Lipinski definition) is 0. The Balaban J connectivity index is 2.16. The number of aromatic nitrogens is 2. The van der Waals surface area contributed by atoms with E-state index >= 15 is 0 Å². The van der Waals surface area contributed by atoms with E-state index in [1.807, 2.05) is 31.7 Å².